The summed E-state index contributed by atoms with van der Waals surface area (Å²) in [6, 6.07) is 7.90. The highest BCUT2D eigenvalue weighted by atomic mass is 16.5. The Morgan fingerprint density at radius 3 is 2.23 bits per heavy atom. The standard InChI is InChI=1S/C22H20N4O5/c1-30-16-10-15(24-22(25-16)31-2)23-19(27)11-5-7-14(8-6-11)26-20(28)17-12-3-4-13(9-12)18(17)21(26)29/h3-8,10,12-13,17-18H,9H2,1-2H3,(H,23,24,25,27)/t12-,13+,17+,18-. The molecule has 2 bridgehead atoms. The zero-order valence-corrected chi connectivity index (χ0v) is 16.9. The van der Waals surface area contributed by atoms with Gasteiger partial charge in [-0.05, 0) is 42.5 Å². The average Bonchev–Trinajstić information content (AvgIpc) is 3.47. The maximum absolute atomic E-state index is 12.9. The molecule has 9 nitrogen and oxygen atoms in total. The summed E-state index contributed by atoms with van der Waals surface area (Å²) >= 11 is 0. The first-order valence-corrected chi connectivity index (χ1v) is 9.94. The minimum absolute atomic E-state index is 0.0602. The Hall–Kier alpha value is -3.75. The maximum Gasteiger partial charge on any atom is 0.321 e. The molecule has 0 radical (unpaired) electrons. The van der Waals surface area contributed by atoms with Crippen LogP contribution in [0.15, 0.2) is 42.5 Å². The summed E-state index contributed by atoms with van der Waals surface area (Å²) in [4.78, 5) is 47.8. The lowest BCUT2D eigenvalue weighted by molar-refractivity contribution is -0.123. The molecule has 1 N–H and O–H groups in total. The van der Waals surface area contributed by atoms with Crippen molar-refractivity contribution in [2.45, 2.75) is 6.42 Å². The minimum Gasteiger partial charge on any atom is -0.481 e. The van der Waals surface area contributed by atoms with Gasteiger partial charge in [0, 0.05) is 11.6 Å². The second kappa shape index (κ2) is 7.19. The van der Waals surface area contributed by atoms with Crippen LogP contribution in [0.4, 0.5) is 11.5 Å². The van der Waals surface area contributed by atoms with E-state index in [0.717, 1.165) is 6.42 Å². The van der Waals surface area contributed by atoms with Crippen LogP contribution in [0.2, 0.25) is 0 Å². The fraction of sp³-hybridized carbons (Fsp3) is 0.318. The summed E-state index contributed by atoms with van der Waals surface area (Å²) in [6.45, 7) is 0. The van der Waals surface area contributed by atoms with Crippen LogP contribution in [0, 0.1) is 23.7 Å². The molecule has 3 aliphatic rings. The van der Waals surface area contributed by atoms with Gasteiger partial charge in [0.15, 0.2) is 0 Å². The van der Waals surface area contributed by atoms with Crippen LogP contribution in [0.3, 0.4) is 0 Å². The number of fused-ring (bicyclic) bond motifs is 5. The second-order valence-electron chi connectivity index (χ2n) is 7.80. The molecule has 2 fully saturated rings. The molecule has 1 aliphatic heterocycles. The van der Waals surface area contributed by atoms with Crippen molar-refractivity contribution in [3.8, 4) is 11.9 Å². The lowest BCUT2D eigenvalue weighted by Gasteiger charge is -2.17. The van der Waals surface area contributed by atoms with E-state index in [1.165, 1.54) is 25.2 Å². The third-order valence-electron chi connectivity index (χ3n) is 6.17. The Labute approximate surface area is 178 Å². The van der Waals surface area contributed by atoms with E-state index in [2.05, 4.69) is 27.4 Å². The summed E-state index contributed by atoms with van der Waals surface area (Å²) in [7, 11) is 2.86. The lowest BCUT2D eigenvalue weighted by Crippen LogP contribution is -2.32. The van der Waals surface area contributed by atoms with E-state index in [4.69, 9.17) is 9.47 Å². The number of hydrogen-bond acceptors (Lipinski definition) is 7. The number of methoxy groups -OCH3 is 2. The summed E-state index contributed by atoms with van der Waals surface area (Å²) in [5.74, 6) is -0.440. The molecule has 1 aromatic heterocycles. The monoisotopic (exact) mass is 420 g/mol. The van der Waals surface area contributed by atoms with Crippen molar-refractivity contribution >= 4 is 29.2 Å². The van der Waals surface area contributed by atoms with E-state index in [0.29, 0.717) is 11.3 Å². The van der Waals surface area contributed by atoms with Gasteiger partial charge in [0.25, 0.3) is 5.91 Å². The molecule has 0 unspecified atom stereocenters. The van der Waals surface area contributed by atoms with E-state index in [-0.39, 0.29) is 53.2 Å². The van der Waals surface area contributed by atoms with Crippen LogP contribution in [0.25, 0.3) is 0 Å². The zero-order valence-electron chi connectivity index (χ0n) is 16.9. The molecule has 2 aliphatic carbocycles. The summed E-state index contributed by atoms with van der Waals surface area (Å²) in [6.07, 6.45) is 5.01. The third kappa shape index (κ3) is 3.04. The smallest absolute Gasteiger partial charge is 0.321 e. The Kier molecular flexibility index (Phi) is 4.46. The SMILES string of the molecule is COc1cc(NC(=O)c2ccc(N3C(=O)[C@@H]4[C@H](C3=O)[C@H]3C=C[C@@H]4C3)cc2)nc(OC)n1. The number of imide groups is 1. The molecule has 3 amide bonds. The predicted molar refractivity (Wildman–Crippen MR) is 110 cm³/mol. The van der Waals surface area contributed by atoms with Crippen molar-refractivity contribution in [3.63, 3.8) is 0 Å². The van der Waals surface area contributed by atoms with Crippen molar-refractivity contribution in [1.82, 2.24) is 9.97 Å². The van der Waals surface area contributed by atoms with Crippen LogP contribution < -0.4 is 19.7 Å². The van der Waals surface area contributed by atoms with Crippen molar-refractivity contribution < 1.29 is 23.9 Å². The van der Waals surface area contributed by atoms with Gasteiger partial charge in [-0.25, -0.2) is 0 Å². The van der Waals surface area contributed by atoms with Crippen LogP contribution in [-0.2, 0) is 9.59 Å². The van der Waals surface area contributed by atoms with Gasteiger partial charge in [-0.2, -0.15) is 9.97 Å². The lowest BCUT2D eigenvalue weighted by atomic mass is 9.85. The molecule has 1 aromatic carbocycles. The number of aromatic nitrogens is 2. The minimum atomic E-state index is -0.410. The Morgan fingerprint density at radius 2 is 1.65 bits per heavy atom. The van der Waals surface area contributed by atoms with Gasteiger partial charge < -0.3 is 14.8 Å². The Morgan fingerprint density at radius 1 is 1.00 bits per heavy atom. The van der Waals surface area contributed by atoms with E-state index in [9.17, 15) is 14.4 Å². The summed E-state index contributed by atoms with van der Waals surface area (Å²) in [5.41, 5.74) is 0.826. The fourth-order valence-corrected chi connectivity index (χ4v) is 4.77. The number of hydrogen-bond donors (Lipinski definition) is 1. The highest BCUT2D eigenvalue weighted by Crippen LogP contribution is 2.53. The first-order chi connectivity index (χ1) is 15.0. The van der Waals surface area contributed by atoms with Crippen LogP contribution in [0.1, 0.15) is 16.8 Å². The molecule has 4 atom stereocenters. The van der Waals surface area contributed by atoms with E-state index in [1.54, 1.807) is 24.3 Å². The molecule has 9 heteroatoms. The quantitative estimate of drug-likeness (QED) is 0.582. The van der Waals surface area contributed by atoms with E-state index >= 15 is 0 Å². The van der Waals surface area contributed by atoms with Gasteiger partial charge in [-0.15, -0.1) is 0 Å². The van der Waals surface area contributed by atoms with E-state index < -0.39 is 5.91 Å². The van der Waals surface area contributed by atoms with Crippen LogP contribution in [-0.4, -0.2) is 41.9 Å². The fourth-order valence-electron chi connectivity index (χ4n) is 4.77. The number of nitrogens with one attached hydrogen (secondary N) is 1. The Bertz CT molecular complexity index is 1060. The van der Waals surface area contributed by atoms with Gasteiger partial charge in [-0.3, -0.25) is 19.3 Å². The third-order valence-corrected chi connectivity index (χ3v) is 6.17. The topological polar surface area (TPSA) is 111 Å². The second-order valence-corrected chi connectivity index (χ2v) is 7.80. The van der Waals surface area contributed by atoms with Crippen molar-refractivity contribution in [2.24, 2.45) is 23.7 Å². The molecule has 0 spiro atoms. The predicted octanol–water partition coefficient (Wildman–Crippen LogP) is 2.06. The molecule has 1 saturated heterocycles. The molecule has 1 saturated carbocycles. The average molecular weight is 420 g/mol. The number of nitrogens with zero attached hydrogens (tertiary/aromatic N) is 3. The van der Waals surface area contributed by atoms with Crippen molar-refractivity contribution in [2.75, 3.05) is 24.4 Å². The summed E-state index contributed by atoms with van der Waals surface area (Å²) in [5, 5.41) is 2.66. The molecular formula is C22H20N4O5. The molecule has 5 rings (SSSR count). The number of carbonyl (C=O) groups is 3. The van der Waals surface area contributed by atoms with Crippen molar-refractivity contribution in [3.05, 3.63) is 48.0 Å². The Balaban J connectivity index is 1.33. The van der Waals surface area contributed by atoms with Gasteiger partial charge in [0.2, 0.25) is 17.7 Å². The number of benzene rings is 1. The highest BCUT2D eigenvalue weighted by Gasteiger charge is 2.59. The largest absolute Gasteiger partial charge is 0.481 e. The van der Waals surface area contributed by atoms with Crippen LogP contribution in [0.5, 0.6) is 11.9 Å². The maximum atomic E-state index is 12.9. The van der Waals surface area contributed by atoms with Crippen molar-refractivity contribution in [1.29, 1.82) is 0 Å². The zero-order chi connectivity index (χ0) is 21.7. The number of ether oxygens (including phenoxy) is 2. The number of rotatable bonds is 5. The van der Waals surface area contributed by atoms with Gasteiger partial charge in [-0.1, -0.05) is 12.2 Å². The van der Waals surface area contributed by atoms with Gasteiger partial charge in [0.1, 0.15) is 5.82 Å². The number of carbonyl (C=O) groups excluding carboxylic acids is 3. The van der Waals surface area contributed by atoms with Crippen LogP contribution >= 0.6 is 0 Å². The highest BCUT2D eigenvalue weighted by molar-refractivity contribution is 6.23. The first kappa shape index (κ1) is 19.2. The summed E-state index contributed by atoms with van der Waals surface area (Å²) < 4.78 is 10.1. The number of allylic oxidation sites excluding steroid dienone is 2. The number of amides is 3. The first-order valence-electron chi connectivity index (χ1n) is 9.94. The molecule has 2 aromatic rings. The van der Waals surface area contributed by atoms with E-state index in [1.807, 2.05) is 0 Å². The molecular weight excluding hydrogens is 400 g/mol. The number of anilines is 2. The van der Waals surface area contributed by atoms with Gasteiger partial charge >= 0.3 is 6.01 Å². The molecule has 2 heterocycles. The van der Waals surface area contributed by atoms with Gasteiger partial charge in [0.05, 0.1) is 31.7 Å². The normalized spacial score (nSPS) is 25.7. The molecule has 31 heavy (non-hydrogen) atoms. The molecule has 158 valence electrons.